The van der Waals surface area contributed by atoms with Crippen LogP contribution in [0.2, 0.25) is 5.02 Å². The Labute approximate surface area is 112 Å². The smallest absolute Gasteiger partial charge is 0.0817 e. The Morgan fingerprint density at radius 3 is 2.81 bits per heavy atom. The van der Waals surface area contributed by atoms with E-state index in [1.165, 1.54) is 0 Å². The third-order valence-corrected chi connectivity index (χ3v) is 4.04. The van der Waals surface area contributed by atoms with Crippen LogP contribution in [0.3, 0.4) is 0 Å². The van der Waals surface area contributed by atoms with Crippen molar-refractivity contribution in [1.29, 1.82) is 0 Å². The van der Waals surface area contributed by atoms with Crippen LogP contribution < -0.4 is 11.3 Å². The van der Waals surface area contributed by atoms with E-state index in [0.29, 0.717) is 5.02 Å². The van der Waals surface area contributed by atoms with Crippen LogP contribution in [-0.4, -0.2) is 0 Å². The molecule has 16 heavy (non-hydrogen) atoms. The Kier molecular flexibility index (Phi) is 4.00. The van der Waals surface area contributed by atoms with E-state index in [-0.39, 0.29) is 6.04 Å². The van der Waals surface area contributed by atoms with Crippen molar-refractivity contribution in [2.75, 3.05) is 0 Å². The fourth-order valence-electron chi connectivity index (χ4n) is 1.52. The summed E-state index contributed by atoms with van der Waals surface area (Å²) < 4.78 is 0.990. The predicted octanol–water partition coefficient (Wildman–Crippen LogP) is 3.72. The molecule has 0 aliphatic carbocycles. The first-order valence-corrected chi connectivity index (χ1v) is 6.72. The zero-order valence-corrected chi connectivity index (χ0v) is 11.4. The first kappa shape index (κ1) is 12.1. The van der Waals surface area contributed by atoms with Crippen molar-refractivity contribution in [3.8, 4) is 0 Å². The molecule has 2 nitrogen and oxygen atoms in total. The van der Waals surface area contributed by atoms with E-state index < -0.39 is 0 Å². The molecule has 2 aromatic rings. The second kappa shape index (κ2) is 5.29. The fraction of sp³-hybridized carbons (Fsp3) is 0.0909. The van der Waals surface area contributed by atoms with Gasteiger partial charge in [-0.1, -0.05) is 33.6 Å². The number of benzene rings is 1. The number of nitrogens with two attached hydrogens (primary N) is 1. The monoisotopic (exact) mass is 316 g/mol. The van der Waals surface area contributed by atoms with Gasteiger partial charge in [0.05, 0.1) is 6.04 Å². The van der Waals surface area contributed by atoms with Crippen molar-refractivity contribution >= 4 is 38.9 Å². The second-order valence-electron chi connectivity index (χ2n) is 3.28. The molecule has 3 N–H and O–H groups in total. The molecule has 0 bridgehead atoms. The highest BCUT2D eigenvalue weighted by atomic mass is 79.9. The van der Waals surface area contributed by atoms with Gasteiger partial charge in [-0.2, -0.15) is 0 Å². The second-order valence-corrected chi connectivity index (χ2v) is 5.58. The molecule has 5 heteroatoms. The summed E-state index contributed by atoms with van der Waals surface area (Å²) in [6, 6.07) is 9.71. The predicted molar refractivity (Wildman–Crippen MR) is 72.6 cm³/mol. The summed E-state index contributed by atoms with van der Waals surface area (Å²) in [4.78, 5) is 1.14. The molecule has 0 aliphatic heterocycles. The number of nitrogens with one attached hydrogen (secondary N) is 1. The van der Waals surface area contributed by atoms with Gasteiger partial charge in [0.25, 0.3) is 0 Å². The first-order chi connectivity index (χ1) is 7.72. The summed E-state index contributed by atoms with van der Waals surface area (Å²) >= 11 is 11.3. The number of hydrogen-bond acceptors (Lipinski definition) is 3. The minimum Gasteiger partial charge on any atom is -0.271 e. The highest BCUT2D eigenvalue weighted by molar-refractivity contribution is 9.10. The van der Waals surface area contributed by atoms with Crippen molar-refractivity contribution in [3.05, 3.63) is 55.6 Å². The molecule has 0 saturated carbocycles. The average Bonchev–Trinajstić information content (AvgIpc) is 2.78. The highest BCUT2D eigenvalue weighted by Crippen LogP contribution is 2.32. The van der Waals surface area contributed by atoms with Crippen molar-refractivity contribution in [2.45, 2.75) is 6.04 Å². The van der Waals surface area contributed by atoms with Gasteiger partial charge in [0, 0.05) is 14.4 Å². The van der Waals surface area contributed by atoms with Crippen molar-refractivity contribution in [2.24, 2.45) is 5.84 Å². The summed E-state index contributed by atoms with van der Waals surface area (Å²) in [6.45, 7) is 0. The molecule has 1 atom stereocenters. The lowest BCUT2D eigenvalue weighted by Gasteiger charge is -2.16. The van der Waals surface area contributed by atoms with Crippen molar-refractivity contribution in [3.63, 3.8) is 0 Å². The molecule has 1 heterocycles. The maximum Gasteiger partial charge on any atom is 0.0817 e. The van der Waals surface area contributed by atoms with Crippen LogP contribution in [0.15, 0.2) is 40.2 Å². The van der Waals surface area contributed by atoms with Gasteiger partial charge in [0.15, 0.2) is 0 Å². The third kappa shape index (κ3) is 2.47. The molecule has 0 radical (unpaired) electrons. The molecule has 0 amide bonds. The Morgan fingerprint density at radius 2 is 2.19 bits per heavy atom. The summed E-state index contributed by atoms with van der Waals surface area (Å²) in [5, 5.41) is 2.73. The minimum absolute atomic E-state index is 0.0648. The van der Waals surface area contributed by atoms with E-state index in [4.69, 9.17) is 17.4 Å². The molecule has 0 fully saturated rings. The zero-order chi connectivity index (χ0) is 11.5. The molecule has 1 aromatic heterocycles. The molecule has 1 aromatic carbocycles. The largest absolute Gasteiger partial charge is 0.271 e. The lowest BCUT2D eigenvalue weighted by atomic mass is 10.1. The van der Waals surface area contributed by atoms with E-state index in [0.717, 1.165) is 14.9 Å². The standard InChI is InChI=1S/C11H10BrClN2S/c12-7-3-4-9(13)8(6-7)11(15-14)10-2-1-5-16-10/h1-6,11,15H,14H2. The van der Waals surface area contributed by atoms with Crippen LogP contribution in [0.1, 0.15) is 16.5 Å². The van der Waals surface area contributed by atoms with Crippen LogP contribution in [0.25, 0.3) is 0 Å². The van der Waals surface area contributed by atoms with Gasteiger partial charge in [-0.25, -0.2) is 5.43 Å². The fourth-order valence-corrected chi connectivity index (χ4v) is 2.92. The molecule has 0 spiro atoms. The maximum atomic E-state index is 6.17. The van der Waals surface area contributed by atoms with Crippen LogP contribution in [0.5, 0.6) is 0 Å². The summed E-state index contributed by atoms with van der Waals surface area (Å²) in [7, 11) is 0. The quantitative estimate of drug-likeness (QED) is 0.669. The topological polar surface area (TPSA) is 38.0 Å². The van der Waals surface area contributed by atoms with Gasteiger partial charge in [0.1, 0.15) is 0 Å². The van der Waals surface area contributed by atoms with Crippen LogP contribution in [-0.2, 0) is 0 Å². The number of hydrazine groups is 1. The first-order valence-electron chi connectivity index (χ1n) is 4.67. The van der Waals surface area contributed by atoms with E-state index in [2.05, 4.69) is 21.4 Å². The molecule has 84 valence electrons. The number of thiophene rings is 1. The van der Waals surface area contributed by atoms with E-state index in [1.54, 1.807) is 11.3 Å². The lowest BCUT2D eigenvalue weighted by Crippen LogP contribution is -2.28. The Bertz CT molecular complexity index is 473. The van der Waals surface area contributed by atoms with Crippen LogP contribution in [0.4, 0.5) is 0 Å². The molecular weight excluding hydrogens is 308 g/mol. The van der Waals surface area contributed by atoms with E-state index >= 15 is 0 Å². The minimum atomic E-state index is -0.0648. The molecule has 1 unspecified atom stereocenters. The molecule has 2 rings (SSSR count). The number of halogens is 2. The van der Waals surface area contributed by atoms with Crippen LogP contribution in [0, 0.1) is 0 Å². The van der Waals surface area contributed by atoms with Crippen molar-refractivity contribution < 1.29 is 0 Å². The zero-order valence-electron chi connectivity index (χ0n) is 8.28. The van der Waals surface area contributed by atoms with Gasteiger partial charge in [0.2, 0.25) is 0 Å². The molecule has 0 aliphatic rings. The summed E-state index contributed by atoms with van der Waals surface area (Å²) in [5.41, 5.74) is 3.77. The van der Waals surface area contributed by atoms with Gasteiger partial charge < -0.3 is 0 Å². The summed E-state index contributed by atoms with van der Waals surface area (Å²) in [5.74, 6) is 5.60. The molecular formula is C11H10BrClN2S. The van der Waals surface area contributed by atoms with Gasteiger partial charge >= 0.3 is 0 Å². The highest BCUT2D eigenvalue weighted by Gasteiger charge is 2.16. The Morgan fingerprint density at radius 1 is 1.38 bits per heavy atom. The third-order valence-electron chi connectivity index (χ3n) is 2.26. The lowest BCUT2D eigenvalue weighted by molar-refractivity contribution is 0.646. The van der Waals surface area contributed by atoms with Gasteiger partial charge in [-0.3, -0.25) is 5.84 Å². The number of rotatable bonds is 3. The van der Waals surface area contributed by atoms with Crippen molar-refractivity contribution in [1.82, 2.24) is 5.43 Å². The van der Waals surface area contributed by atoms with Gasteiger partial charge in [-0.05, 0) is 35.2 Å². The maximum absolute atomic E-state index is 6.17. The van der Waals surface area contributed by atoms with Gasteiger partial charge in [-0.15, -0.1) is 11.3 Å². The van der Waals surface area contributed by atoms with Crippen LogP contribution >= 0.6 is 38.9 Å². The SMILES string of the molecule is NNC(c1cccs1)c1cc(Br)ccc1Cl. The average molecular weight is 318 g/mol. The Balaban J connectivity index is 2.44. The molecule has 0 saturated heterocycles. The van der Waals surface area contributed by atoms with E-state index in [9.17, 15) is 0 Å². The summed E-state index contributed by atoms with van der Waals surface area (Å²) in [6.07, 6.45) is 0. The normalized spacial score (nSPS) is 12.7. The van der Waals surface area contributed by atoms with E-state index in [1.807, 2.05) is 35.7 Å². The number of hydrogen-bond donors (Lipinski definition) is 2. The Hall–Kier alpha value is -0.390.